The highest BCUT2D eigenvalue weighted by Crippen LogP contribution is 2.69. The first kappa shape index (κ1) is 60.9. The van der Waals surface area contributed by atoms with Crippen molar-refractivity contribution in [2.24, 2.45) is 0 Å². The second kappa shape index (κ2) is 23.1. The zero-order valence-electron chi connectivity index (χ0n) is 59.6. The summed E-state index contributed by atoms with van der Waals surface area (Å²) in [5.41, 5.74) is 33.7. The van der Waals surface area contributed by atoms with Gasteiger partial charge in [0.05, 0.1) is 45.0 Å². The summed E-state index contributed by atoms with van der Waals surface area (Å²) < 4.78 is 0. The van der Waals surface area contributed by atoms with E-state index in [0.29, 0.717) is 0 Å². The van der Waals surface area contributed by atoms with E-state index in [1.54, 1.807) is 0 Å². The van der Waals surface area contributed by atoms with E-state index in [1.165, 1.54) is 154 Å². The van der Waals surface area contributed by atoms with Gasteiger partial charge in [-0.3, -0.25) is 9.97 Å². The van der Waals surface area contributed by atoms with E-state index in [2.05, 4.69) is 339 Å². The first-order chi connectivity index (χ1) is 54.6. The van der Waals surface area contributed by atoms with Crippen LogP contribution < -0.4 is 0 Å². The SMILES string of the molecule is c1ccc(-c2cc(-c3ccc4c5c(c6ccccc6c4c3)C3(c4ccccc4-c4ccccc43)c3c-5ccc4cc(-c5ccccc5-c5cccc(-c6ccccn6)n5)ccc34)cc(-c3cccc(-c4ccc5c6c(ccc5c4)-c4c(c5ccccc5c5ccccc45)C64c5ccccc5-c5ccccc54)c3)n2)nc1. The molecule has 0 saturated carbocycles. The second-order valence-corrected chi connectivity index (χ2v) is 30.0. The molecular formula is C106H62N4. The summed E-state index contributed by atoms with van der Waals surface area (Å²) in [6.45, 7) is 0. The first-order valence-corrected chi connectivity index (χ1v) is 38.1. The average molecular weight is 1390 g/mol. The Morgan fingerprint density at radius 2 is 0.564 bits per heavy atom. The second-order valence-electron chi connectivity index (χ2n) is 30.0. The molecule has 110 heavy (non-hydrogen) atoms. The minimum atomic E-state index is -0.645. The van der Waals surface area contributed by atoms with Crippen LogP contribution in [0.25, 0.3) is 188 Å². The van der Waals surface area contributed by atoms with E-state index in [1.807, 2.05) is 42.7 Å². The fraction of sp³-hybridized carbons (Fsp3) is 0.0189. The van der Waals surface area contributed by atoms with Crippen molar-refractivity contribution in [2.45, 2.75) is 10.8 Å². The molecule has 4 nitrogen and oxygen atoms in total. The summed E-state index contributed by atoms with van der Waals surface area (Å²) in [7, 11) is 0. The molecule has 0 fully saturated rings. The van der Waals surface area contributed by atoms with Crippen molar-refractivity contribution < 1.29 is 0 Å². The van der Waals surface area contributed by atoms with Crippen molar-refractivity contribution in [1.29, 1.82) is 0 Å². The molecular weight excluding hydrogens is 1330 g/mol. The molecule has 0 N–H and O–H groups in total. The molecule has 2 spiro atoms. The van der Waals surface area contributed by atoms with Gasteiger partial charge in [0.2, 0.25) is 0 Å². The number of aromatic nitrogens is 4. The zero-order valence-corrected chi connectivity index (χ0v) is 59.6. The number of hydrogen-bond donors (Lipinski definition) is 0. The molecule has 0 bridgehead atoms. The number of fused-ring (bicyclic) bond motifs is 34. The quantitative estimate of drug-likeness (QED) is 0.149. The van der Waals surface area contributed by atoms with Crippen LogP contribution in [0.15, 0.2) is 376 Å². The maximum atomic E-state index is 5.54. The normalized spacial score (nSPS) is 13.4. The van der Waals surface area contributed by atoms with Crippen LogP contribution in [0.4, 0.5) is 0 Å². The van der Waals surface area contributed by atoms with Crippen molar-refractivity contribution in [3.8, 4) is 123 Å². The molecule has 0 atom stereocenters. The van der Waals surface area contributed by atoms with E-state index >= 15 is 0 Å². The van der Waals surface area contributed by atoms with Crippen molar-refractivity contribution >= 4 is 64.6 Å². The number of benzene rings is 16. The lowest BCUT2D eigenvalue weighted by molar-refractivity contribution is 0.809. The predicted octanol–water partition coefficient (Wildman–Crippen LogP) is 26.5. The molecule has 0 amide bonds. The van der Waals surface area contributed by atoms with Gasteiger partial charge in [-0.15, -0.1) is 0 Å². The Morgan fingerprint density at radius 3 is 1.14 bits per heavy atom. The Morgan fingerprint density at radius 1 is 0.173 bits per heavy atom. The monoisotopic (exact) mass is 1390 g/mol. The van der Waals surface area contributed by atoms with Crippen LogP contribution in [-0.2, 0) is 10.8 Å². The summed E-state index contributed by atoms with van der Waals surface area (Å²) in [5.74, 6) is 0. The molecule has 506 valence electrons. The Bertz CT molecular complexity index is 7330. The van der Waals surface area contributed by atoms with E-state index in [4.69, 9.17) is 15.0 Å². The molecule has 20 aromatic rings. The van der Waals surface area contributed by atoms with Gasteiger partial charge in [-0.1, -0.05) is 291 Å². The Kier molecular flexibility index (Phi) is 12.8. The maximum Gasteiger partial charge on any atom is 0.0899 e. The van der Waals surface area contributed by atoms with Gasteiger partial charge >= 0.3 is 0 Å². The maximum absolute atomic E-state index is 5.54. The molecule has 4 heterocycles. The summed E-state index contributed by atoms with van der Waals surface area (Å²) in [6, 6.07) is 136. The average Bonchev–Trinajstić information content (AvgIpc) is 1.50. The van der Waals surface area contributed by atoms with Crippen LogP contribution in [0, 0.1) is 0 Å². The van der Waals surface area contributed by atoms with Gasteiger partial charge in [0, 0.05) is 23.5 Å². The molecule has 0 saturated heterocycles. The van der Waals surface area contributed by atoms with Gasteiger partial charge in [0.15, 0.2) is 0 Å². The standard InChI is InChI=1S/C106H62N4/c1-5-33-81(93-43-22-44-96(109-93)94-41-17-19-55-107-94)71(25-1)66-47-51-73-68(59-66)49-54-87-100-83-52-46-65(60-88(83)76-28-4-8-36-85(76)104(100)106(102(73)87)91-39-15-11-31-79(91)80-32-12-16-40-92(80)106)70-61-97(110-98(62-70)95-42-18-20-56-108-95)69-24-21-23-63(58-69)64-45-50-72-67(57-64)48-53-86-99-82-34-6-2-26-74(82)75-27-3-7-35-84(75)103(99)105(101(72)86)89-37-13-9-29-77(89)78-30-10-14-38-90(78)105/h1-62H. The van der Waals surface area contributed by atoms with E-state index in [0.717, 1.165) is 78.7 Å². The lowest BCUT2D eigenvalue weighted by Crippen LogP contribution is -2.26. The van der Waals surface area contributed by atoms with Gasteiger partial charge in [0.1, 0.15) is 0 Å². The third-order valence-corrected chi connectivity index (χ3v) is 24.7. The number of nitrogens with zero attached hydrogens (tertiary/aromatic N) is 4. The van der Waals surface area contributed by atoms with Crippen LogP contribution in [-0.4, -0.2) is 19.9 Å². The third-order valence-electron chi connectivity index (χ3n) is 24.7. The van der Waals surface area contributed by atoms with Crippen molar-refractivity contribution in [2.75, 3.05) is 0 Å². The molecule has 4 aliphatic carbocycles. The minimum Gasteiger partial charge on any atom is -0.255 e. The molecule has 0 aliphatic heterocycles. The predicted molar refractivity (Wildman–Crippen MR) is 453 cm³/mol. The molecule has 4 heteroatoms. The summed E-state index contributed by atoms with van der Waals surface area (Å²) >= 11 is 0. The minimum absolute atomic E-state index is 0.557. The van der Waals surface area contributed by atoms with Gasteiger partial charge < -0.3 is 0 Å². The molecule has 0 unspecified atom stereocenters. The first-order valence-electron chi connectivity index (χ1n) is 38.1. The van der Waals surface area contributed by atoms with Crippen LogP contribution in [0.1, 0.15) is 44.5 Å². The van der Waals surface area contributed by atoms with Crippen LogP contribution in [0.5, 0.6) is 0 Å². The molecule has 4 aromatic heterocycles. The smallest absolute Gasteiger partial charge is 0.0899 e. The highest BCUT2D eigenvalue weighted by Gasteiger charge is 2.56. The lowest BCUT2D eigenvalue weighted by atomic mass is 9.68. The third kappa shape index (κ3) is 8.34. The number of rotatable bonds is 7. The van der Waals surface area contributed by atoms with Gasteiger partial charge in [-0.2, -0.15) is 0 Å². The van der Waals surface area contributed by atoms with Crippen molar-refractivity contribution in [3.63, 3.8) is 0 Å². The number of pyridine rings is 4. The van der Waals surface area contributed by atoms with E-state index in [-0.39, 0.29) is 0 Å². The lowest BCUT2D eigenvalue weighted by Gasteiger charge is -2.32. The molecule has 24 rings (SSSR count). The van der Waals surface area contributed by atoms with Crippen LogP contribution in [0.2, 0.25) is 0 Å². The highest BCUT2D eigenvalue weighted by atomic mass is 14.8. The van der Waals surface area contributed by atoms with E-state index < -0.39 is 10.8 Å². The van der Waals surface area contributed by atoms with Crippen molar-refractivity contribution in [3.05, 3.63) is 421 Å². The van der Waals surface area contributed by atoms with E-state index in [9.17, 15) is 0 Å². The Balaban J connectivity index is 0.663. The van der Waals surface area contributed by atoms with Gasteiger partial charge in [-0.05, 0) is 260 Å². The fourth-order valence-corrected chi connectivity index (χ4v) is 20.4. The molecule has 4 aliphatic rings. The van der Waals surface area contributed by atoms with Crippen LogP contribution in [0.3, 0.4) is 0 Å². The summed E-state index contributed by atoms with van der Waals surface area (Å²) in [6.07, 6.45) is 3.69. The molecule has 16 aromatic carbocycles. The van der Waals surface area contributed by atoms with Gasteiger partial charge in [0.25, 0.3) is 0 Å². The number of hydrogen-bond acceptors (Lipinski definition) is 4. The van der Waals surface area contributed by atoms with Gasteiger partial charge in [-0.25, -0.2) is 9.97 Å². The van der Waals surface area contributed by atoms with Crippen molar-refractivity contribution in [1.82, 2.24) is 19.9 Å². The summed E-state index contributed by atoms with van der Waals surface area (Å²) in [5, 5.41) is 14.9. The molecule has 0 radical (unpaired) electrons. The Labute approximate surface area is 635 Å². The zero-order chi connectivity index (χ0) is 71.9. The van der Waals surface area contributed by atoms with Crippen LogP contribution >= 0.6 is 0 Å². The Hall–Kier alpha value is -14.3. The topological polar surface area (TPSA) is 51.6 Å². The summed E-state index contributed by atoms with van der Waals surface area (Å²) in [4.78, 5) is 20.4. The largest absolute Gasteiger partial charge is 0.255 e. The highest BCUT2D eigenvalue weighted by molar-refractivity contribution is 6.24. The fourth-order valence-electron chi connectivity index (χ4n) is 20.4.